The third-order valence-electron chi connectivity index (χ3n) is 6.68. The van der Waals surface area contributed by atoms with Crippen LogP contribution in [0.3, 0.4) is 0 Å². The van der Waals surface area contributed by atoms with E-state index in [-0.39, 0.29) is 11.5 Å². The van der Waals surface area contributed by atoms with Gasteiger partial charge in [-0.15, -0.1) is 0 Å². The van der Waals surface area contributed by atoms with Gasteiger partial charge in [0.1, 0.15) is 5.75 Å². The van der Waals surface area contributed by atoms with Crippen molar-refractivity contribution in [3.05, 3.63) is 81.5 Å². The molecular formula is C27H31N5O4. The lowest BCUT2D eigenvalue weighted by atomic mass is 9.87. The van der Waals surface area contributed by atoms with E-state index in [1.165, 1.54) is 0 Å². The number of morpholine rings is 1. The number of ether oxygens (including phenoxy) is 2. The molecule has 1 unspecified atom stereocenters. The summed E-state index contributed by atoms with van der Waals surface area (Å²) >= 11 is 0. The van der Waals surface area contributed by atoms with E-state index in [1.54, 1.807) is 10.9 Å². The molecule has 0 spiro atoms. The van der Waals surface area contributed by atoms with Crippen molar-refractivity contribution in [1.29, 1.82) is 0 Å². The smallest absolute Gasteiger partial charge is 0.276 e. The Morgan fingerprint density at radius 3 is 2.61 bits per heavy atom. The number of aromatic amines is 1. The molecule has 188 valence electrons. The van der Waals surface area contributed by atoms with Crippen molar-refractivity contribution in [2.24, 2.45) is 10.9 Å². The second-order valence-corrected chi connectivity index (χ2v) is 9.06. The highest BCUT2D eigenvalue weighted by atomic mass is 16.5. The molecule has 3 aromatic rings. The summed E-state index contributed by atoms with van der Waals surface area (Å²) in [7, 11) is 0. The van der Waals surface area contributed by atoms with Crippen LogP contribution in [0, 0.1) is 5.92 Å². The molecule has 1 saturated heterocycles. The van der Waals surface area contributed by atoms with Gasteiger partial charge in [0.2, 0.25) is 0 Å². The summed E-state index contributed by atoms with van der Waals surface area (Å²) in [4.78, 5) is 37.6. The van der Waals surface area contributed by atoms with Gasteiger partial charge in [-0.3, -0.25) is 24.6 Å². The van der Waals surface area contributed by atoms with E-state index in [9.17, 15) is 9.59 Å². The van der Waals surface area contributed by atoms with E-state index in [4.69, 9.17) is 9.47 Å². The Balaban J connectivity index is 1.41. The number of H-pyrrole nitrogens is 1. The van der Waals surface area contributed by atoms with Gasteiger partial charge in [-0.25, -0.2) is 4.68 Å². The van der Waals surface area contributed by atoms with Crippen LogP contribution in [0.4, 0.5) is 0 Å². The van der Waals surface area contributed by atoms with Crippen LogP contribution in [0.25, 0.3) is 5.57 Å². The van der Waals surface area contributed by atoms with Gasteiger partial charge in [-0.05, 0) is 42.7 Å². The number of carbonyl (C=O) groups excluding carboxylic acids is 1. The van der Waals surface area contributed by atoms with Crippen LogP contribution in [0.2, 0.25) is 0 Å². The second kappa shape index (κ2) is 11.5. The fourth-order valence-corrected chi connectivity index (χ4v) is 4.78. The maximum atomic E-state index is 13.5. The quantitative estimate of drug-likeness (QED) is 0.425. The second-order valence-electron chi connectivity index (χ2n) is 9.06. The molecule has 36 heavy (non-hydrogen) atoms. The van der Waals surface area contributed by atoms with Gasteiger partial charge in [0.05, 0.1) is 37.5 Å². The number of hydrogen-bond donors (Lipinski definition) is 1. The lowest BCUT2D eigenvalue weighted by Crippen LogP contribution is -2.45. The maximum Gasteiger partial charge on any atom is 0.276 e. The Morgan fingerprint density at radius 2 is 1.83 bits per heavy atom. The molecule has 4 heterocycles. The van der Waals surface area contributed by atoms with Crippen LogP contribution in [-0.2, 0) is 22.5 Å². The molecule has 1 amide bonds. The minimum absolute atomic E-state index is 0.125. The average Bonchev–Trinajstić information content (AvgIpc) is 3.23. The monoisotopic (exact) mass is 489 g/mol. The minimum atomic E-state index is -0.514. The number of fused-ring (bicyclic) bond motifs is 1. The van der Waals surface area contributed by atoms with Gasteiger partial charge in [-0.1, -0.05) is 24.3 Å². The summed E-state index contributed by atoms with van der Waals surface area (Å²) in [6, 6.07) is 15.3. The summed E-state index contributed by atoms with van der Waals surface area (Å²) in [6.45, 7) is 4.83. The standard InChI is InChI=1S/C27H31N5O4/c33-26-23(19-20-7-4-5-11-28-20)22(10-6-16-36-21-8-2-1-3-9-21)24-25(29-26)30-32(27(24)34)13-12-31-14-17-35-18-15-31/h1-5,7-9,11,23H,6,10,12-19H2,(H,29,30,33). The van der Waals surface area contributed by atoms with Gasteiger partial charge in [0.15, 0.2) is 5.49 Å². The fraction of sp³-hybridized carbons (Fsp3) is 0.407. The van der Waals surface area contributed by atoms with Crippen LogP contribution in [0.1, 0.15) is 18.5 Å². The van der Waals surface area contributed by atoms with E-state index in [1.807, 2.05) is 48.5 Å². The number of rotatable bonds is 10. The minimum Gasteiger partial charge on any atom is -0.494 e. The van der Waals surface area contributed by atoms with Crippen molar-refractivity contribution in [2.75, 3.05) is 39.5 Å². The van der Waals surface area contributed by atoms with Gasteiger partial charge in [0.25, 0.3) is 11.5 Å². The molecule has 2 aromatic heterocycles. The van der Waals surface area contributed by atoms with E-state index in [0.717, 1.165) is 36.7 Å². The Hall–Kier alpha value is -3.56. The van der Waals surface area contributed by atoms with Crippen molar-refractivity contribution in [3.8, 4) is 5.75 Å². The van der Waals surface area contributed by atoms with E-state index >= 15 is 0 Å². The fourth-order valence-electron chi connectivity index (χ4n) is 4.78. The molecule has 0 aliphatic carbocycles. The zero-order valence-electron chi connectivity index (χ0n) is 20.3. The van der Waals surface area contributed by atoms with E-state index in [2.05, 4.69) is 20.0 Å². The molecule has 9 heteroatoms. The van der Waals surface area contributed by atoms with Crippen LogP contribution in [0.5, 0.6) is 5.75 Å². The van der Waals surface area contributed by atoms with Crippen LogP contribution < -0.4 is 21.0 Å². The maximum absolute atomic E-state index is 13.5. The van der Waals surface area contributed by atoms with Gasteiger partial charge >= 0.3 is 0 Å². The van der Waals surface area contributed by atoms with Gasteiger partial charge in [-0.2, -0.15) is 4.99 Å². The summed E-state index contributed by atoms with van der Waals surface area (Å²) in [5.74, 6) is 0.0455. The van der Waals surface area contributed by atoms with Crippen molar-refractivity contribution in [2.45, 2.75) is 25.8 Å². The van der Waals surface area contributed by atoms with Gasteiger partial charge in [0, 0.05) is 37.9 Å². The molecule has 1 N–H and O–H groups in total. The molecular weight excluding hydrogens is 458 g/mol. The highest BCUT2D eigenvalue weighted by Gasteiger charge is 2.29. The normalized spacial score (nSPS) is 18.1. The number of amides is 1. The van der Waals surface area contributed by atoms with Gasteiger partial charge < -0.3 is 9.47 Å². The summed E-state index contributed by atoms with van der Waals surface area (Å²) in [5.41, 5.74) is 1.86. The van der Waals surface area contributed by atoms with Crippen molar-refractivity contribution in [1.82, 2.24) is 19.7 Å². The number of carbonyl (C=O) groups is 1. The topological polar surface area (TPSA) is 102 Å². The molecule has 0 radical (unpaired) electrons. The first-order valence-electron chi connectivity index (χ1n) is 12.5. The van der Waals surface area contributed by atoms with Crippen LogP contribution >= 0.6 is 0 Å². The first kappa shape index (κ1) is 24.1. The lowest BCUT2D eigenvalue weighted by Gasteiger charge is -2.26. The number of nitrogens with zero attached hydrogens (tertiary/aromatic N) is 4. The molecule has 5 rings (SSSR count). The van der Waals surface area contributed by atoms with E-state index in [0.29, 0.717) is 56.3 Å². The van der Waals surface area contributed by atoms with Crippen molar-refractivity contribution in [3.63, 3.8) is 0 Å². The summed E-state index contributed by atoms with van der Waals surface area (Å²) < 4.78 is 12.9. The molecule has 1 atom stereocenters. The first-order chi connectivity index (χ1) is 17.7. The Labute approximate surface area is 209 Å². The zero-order valence-corrected chi connectivity index (χ0v) is 20.3. The van der Waals surface area contributed by atoms with Crippen LogP contribution in [0.15, 0.2) is 64.5 Å². The number of nitrogens with one attached hydrogen (secondary N) is 1. The molecule has 2 aliphatic rings. The van der Waals surface area contributed by atoms with Crippen LogP contribution in [-0.4, -0.2) is 65.0 Å². The summed E-state index contributed by atoms with van der Waals surface area (Å²) in [5, 5.41) is 3.62. The highest BCUT2D eigenvalue weighted by Crippen LogP contribution is 2.23. The van der Waals surface area contributed by atoms with E-state index < -0.39 is 5.92 Å². The molecule has 2 aliphatic heterocycles. The third-order valence-corrected chi connectivity index (χ3v) is 6.68. The Kier molecular flexibility index (Phi) is 7.68. The SMILES string of the molecule is O=C1N=c2[nH]n(CCN3CCOCC3)c(=O)c2=C(CCCOc2ccccc2)C1Cc1ccccn1. The number of benzene rings is 1. The molecule has 9 nitrogen and oxygen atoms in total. The average molecular weight is 490 g/mol. The number of para-hydroxylation sites is 1. The molecule has 0 saturated carbocycles. The highest BCUT2D eigenvalue weighted by molar-refractivity contribution is 5.89. The molecule has 1 aromatic carbocycles. The zero-order chi connectivity index (χ0) is 24.7. The number of pyridine rings is 1. The summed E-state index contributed by atoms with van der Waals surface area (Å²) in [6.07, 6.45) is 3.37. The predicted molar refractivity (Wildman–Crippen MR) is 134 cm³/mol. The number of aromatic nitrogens is 3. The molecule has 1 fully saturated rings. The Morgan fingerprint density at radius 1 is 1.03 bits per heavy atom. The Bertz CT molecular complexity index is 1340. The number of hydrogen-bond acceptors (Lipinski definition) is 6. The van der Waals surface area contributed by atoms with Crippen molar-refractivity contribution >= 4 is 11.5 Å². The van der Waals surface area contributed by atoms with Crippen molar-refractivity contribution < 1.29 is 14.3 Å². The predicted octanol–water partition coefficient (Wildman–Crippen LogP) is 0.932. The first-order valence-corrected chi connectivity index (χ1v) is 12.5. The largest absolute Gasteiger partial charge is 0.494 e. The third kappa shape index (κ3) is 5.63. The lowest BCUT2D eigenvalue weighted by molar-refractivity contribution is -0.120. The molecule has 0 bridgehead atoms.